The van der Waals surface area contributed by atoms with Crippen LogP contribution in [0.15, 0.2) is 18.3 Å². The second-order valence-corrected chi connectivity index (χ2v) is 9.33. The van der Waals surface area contributed by atoms with Gasteiger partial charge in [-0.1, -0.05) is 6.07 Å². The molecule has 7 heteroatoms. The lowest BCUT2D eigenvalue weighted by Gasteiger charge is -2.44. The molecule has 1 unspecified atom stereocenters. The molecule has 0 spiro atoms. The van der Waals surface area contributed by atoms with Crippen LogP contribution in [-0.4, -0.2) is 90.0 Å². The van der Waals surface area contributed by atoms with Crippen molar-refractivity contribution in [3.63, 3.8) is 0 Å². The van der Waals surface area contributed by atoms with E-state index in [2.05, 4.69) is 14.8 Å². The summed E-state index contributed by atoms with van der Waals surface area (Å²) in [6.45, 7) is 6.69. The minimum atomic E-state index is -0.0285. The van der Waals surface area contributed by atoms with Crippen molar-refractivity contribution in [3.8, 4) is 0 Å². The van der Waals surface area contributed by atoms with Crippen LogP contribution in [0.4, 0.5) is 0 Å². The van der Waals surface area contributed by atoms with E-state index in [1.807, 2.05) is 26.1 Å². The van der Waals surface area contributed by atoms with Gasteiger partial charge in [0.15, 0.2) is 0 Å². The van der Waals surface area contributed by atoms with Crippen LogP contribution in [0.3, 0.4) is 0 Å². The highest BCUT2D eigenvalue weighted by atomic mass is 16.5. The Hall–Kier alpha value is -1.99. The Morgan fingerprint density at radius 1 is 1.13 bits per heavy atom. The maximum Gasteiger partial charge on any atom is 0.272 e. The van der Waals surface area contributed by atoms with Crippen LogP contribution in [0.1, 0.15) is 54.6 Å². The number of likely N-dealkylation sites (N-methyl/N-ethyl adjacent to an activating group) is 1. The lowest BCUT2D eigenvalue weighted by molar-refractivity contribution is -0.135. The third-order valence-electron chi connectivity index (χ3n) is 7.02. The smallest absolute Gasteiger partial charge is 0.272 e. The highest BCUT2D eigenvalue weighted by molar-refractivity contribution is 5.93. The van der Waals surface area contributed by atoms with Crippen LogP contribution in [0.2, 0.25) is 0 Å². The number of pyridine rings is 1. The van der Waals surface area contributed by atoms with Gasteiger partial charge in [0.1, 0.15) is 5.69 Å². The molecule has 1 aliphatic carbocycles. The van der Waals surface area contributed by atoms with E-state index in [1.54, 1.807) is 11.1 Å². The van der Waals surface area contributed by atoms with Crippen molar-refractivity contribution in [2.24, 2.45) is 5.92 Å². The van der Waals surface area contributed by atoms with Gasteiger partial charge >= 0.3 is 0 Å². The van der Waals surface area contributed by atoms with E-state index in [0.29, 0.717) is 30.2 Å². The zero-order chi connectivity index (χ0) is 21.8. The van der Waals surface area contributed by atoms with E-state index in [-0.39, 0.29) is 11.8 Å². The Bertz CT molecular complexity index is 776. The molecule has 0 radical (unpaired) electrons. The summed E-state index contributed by atoms with van der Waals surface area (Å²) in [5.74, 6) is 0.606. The fourth-order valence-electron chi connectivity index (χ4n) is 4.95. The zero-order valence-electron chi connectivity index (χ0n) is 19.0. The molecule has 7 nitrogen and oxygen atoms in total. The predicted molar refractivity (Wildman–Crippen MR) is 119 cm³/mol. The van der Waals surface area contributed by atoms with Crippen LogP contribution >= 0.6 is 0 Å². The number of likely N-dealkylation sites (tertiary alicyclic amines) is 1. The third kappa shape index (κ3) is 5.44. The lowest BCUT2D eigenvalue weighted by atomic mass is 9.98. The number of carbonyl (C=O) groups excluding carboxylic acids is 2. The first kappa shape index (κ1) is 22.2. The molecule has 31 heavy (non-hydrogen) atoms. The van der Waals surface area contributed by atoms with Gasteiger partial charge < -0.3 is 14.5 Å². The fraction of sp³-hybridized carbons (Fsp3) is 0.708. The zero-order valence-corrected chi connectivity index (χ0v) is 19.0. The molecule has 2 saturated heterocycles. The molecule has 3 aliphatic rings. The minimum absolute atomic E-state index is 0.0285. The van der Waals surface area contributed by atoms with Crippen LogP contribution in [0.5, 0.6) is 0 Å². The molecular formula is C24H36N4O3. The number of nitrogens with zero attached hydrogens (tertiary/aromatic N) is 4. The first-order chi connectivity index (χ1) is 15.0. The van der Waals surface area contributed by atoms with E-state index in [0.717, 1.165) is 76.9 Å². The van der Waals surface area contributed by atoms with Crippen LogP contribution in [0, 0.1) is 12.8 Å². The molecule has 1 saturated carbocycles. The van der Waals surface area contributed by atoms with Crippen molar-refractivity contribution in [2.75, 3.05) is 46.4 Å². The molecule has 2 aliphatic heterocycles. The van der Waals surface area contributed by atoms with E-state index < -0.39 is 0 Å². The Labute approximate surface area is 185 Å². The van der Waals surface area contributed by atoms with E-state index in [9.17, 15) is 9.59 Å². The molecule has 1 aromatic heterocycles. The summed E-state index contributed by atoms with van der Waals surface area (Å²) in [4.78, 5) is 36.4. The van der Waals surface area contributed by atoms with Crippen molar-refractivity contribution < 1.29 is 14.3 Å². The Morgan fingerprint density at radius 2 is 1.90 bits per heavy atom. The second kappa shape index (κ2) is 10.1. The summed E-state index contributed by atoms with van der Waals surface area (Å²) in [7, 11) is 1.86. The molecule has 0 aromatic carbocycles. The first-order valence-corrected chi connectivity index (χ1v) is 11.8. The van der Waals surface area contributed by atoms with E-state index in [4.69, 9.17) is 4.74 Å². The number of piperidine rings is 1. The number of aromatic nitrogens is 1. The molecule has 1 atom stereocenters. The van der Waals surface area contributed by atoms with Gasteiger partial charge in [0.05, 0.1) is 0 Å². The molecule has 2 amide bonds. The van der Waals surface area contributed by atoms with Crippen molar-refractivity contribution in [1.29, 1.82) is 0 Å². The van der Waals surface area contributed by atoms with Gasteiger partial charge in [0, 0.05) is 70.6 Å². The number of ether oxygens (including phenoxy) is 1. The van der Waals surface area contributed by atoms with Gasteiger partial charge in [-0.2, -0.15) is 0 Å². The lowest BCUT2D eigenvalue weighted by Crippen LogP contribution is -2.55. The number of hydrogen-bond donors (Lipinski definition) is 0. The molecule has 170 valence electrons. The second-order valence-electron chi connectivity index (χ2n) is 9.33. The molecule has 1 aromatic rings. The third-order valence-corrected chi connectivity index (χ3v) is 7.02. The van der Waals surface area contributed by atoms with Crippen LogP contribution in [0.25, 0.3) is 0 Å². The number of hydrogen-bond acceptors (Lipinski definition) is 5. The molecule has 3 heterocycles. The minimum Gasteiger partial charge on any atom is -0.381 e. The monoisotopic (exact) mass is 428 g/mol. The van der Waals surface area contributed by atoms with Crippen molar-refractivity contribution in [1.82, 2.24) is 19.7 Å². The summed E-state index contributed by atoms with van der Waals surface area (Å²) in [5, 5.41) is 0. The first-order valence-electron chi connectivity index (χ1n) is 11.8. The summed E-state index contributed by atoms with van der Waals surface area (Å²) in [6, 6.07) is 4.60. The SMILES string of the molecule is Cc1cccnc1C(=O)N(C)CCN(C1CCOCC1)C1CCCN(C(=O)C2CC2)C1. The quantitative estimate of drug-likeness (QED) is 0.667. The maximum absolute atomic E-state index is 12.9. The molecule has 0 bridgehead atoms. The van der Waals surface area contributed by atoms with Crippen molar-refractivity contribution in [3.05, 3.63) is 29.6 Å². The number of aryl methyl sites for hydroxylation is 1. The maximum atomic E-state index is 12.9. The average molecular weight is 429 g/mol. The highest BCUT2D eigenvalue weighted by Crippen LogP contribution is 2.33. The van der Waals surface area contributed by atoms with Gasteiger partial charge in [-0.05, 0) is 57.1 Å². The molecule has 0 N–H and O–H groups in total. The largest absolute Gasteiger partial charge is 0.381 e. The van der Waals surface area contributed by atoms with Crippen molar-refractivity contribution in [2.45, 2.75) is 57.5 Å². The molecule has 4 rings (SSSR count). The van der Waals surface area contributed by atoms with Gasteiger partial charge in [-0.25, -0.2) is 0 Å². The Kier molecular flexibility index (Phi) is 7.23. The summed E-state index contributed by atoms with van der Waals surface area (Å²) >= 11 is 0. The van der Waals surface area contributed by atoms with Crippen molar-refractivity contribution >= 4 is 11.8 Å². The molecule has 3 fully saturated rings. The van der Waals surface area contributed by atoms with Gasteiger partial charge in [0.25, 0.3) is 5.91 Å². The average Bonchev–Trinajstić information content (AvgIpc) is 3.65. The van der Waals surface area contributed by atoms with Crippen LogP contribution in [-0.2, 0) is 9.53 Å². The van der Waals surface area contributed by atoms with Gasteiger partial charge in [-0.15, -0.1) is 0 Å². The standard InChI is InChI=1S/C24H36N4O3/c1-18-5-3-11-25-22(18)24(30)26(2)13-14-28(20-9-15-31-16-10-20)21-6-4-12-27(17-21)23(29)19-7-8-19/h3,5,11,19-21H,4,6-10,12-17H2,1-2H3. The van der Waals surface area contributed by atoms with E-state index in [1.165, 1.54) is 0 Å². The van der Waals surface area contributed by atoms with Gasteiger partial charge in [0.2, 0.25) is 5.91 Å². The predicted octanol–water partition coefficient (Wildman–Crippen LogP) is 2.34. The Morgan fingerprint density at radius 3 is 2.61 bits per heavy atom. The topological polar surface area (TPSA) is 66.0 Å². The summed E-state index contributed by atoms with van der Waals surface area (Å²) in [5.41, 5.74) is 1.43. The summed E-state index contributed by atoms with van der Waals surface area (Å²) in [6.07, 6.45) is 8.00. The number of amides is 2. The molecular weight excluding hydrogens is 392 g/mol. The summed E-state index contributed by atoms with van der Waals surface area (Å²) < 4.78 is 5.61. The fourth-order valence-corrected chi connectivity index (χ4v) is 4.95. The normalized spacial score (nSPS) is 22.5. The van der Waals surface area contributed by atoms with Gasteiger partial charge in [-0.3, -0.25) is 19.5 Å². The number of carbonyl (C=O) groups is 2. The van der Waals surface area contributed by atoms with E-state index >= 15 is 0 Å². The Balaban J connectivity index is 1.41. The van der Waals surface area contributed by atoms with Crippen LogP contribution < -0.4 is 0 Å². The number of rotatable bonds is 7. The highest BCUT2D eigenvalue weighted by Gasteiger charge is 2.38.